The molecule has 0 radical (unpaired) electrons. The minimum Gasteiger partial charge on any atom is -0.335 e. The van der Waals surface area contributed by atoms with Gasteiger partial charge in [0.25, 0.3) is 0 Å². The van der Waals surface area contributed by atoms with Crippen molar-refractivity contribution in [2.75, 3.05) is 26.2 Å². The van der Waals surface area contributed by atoms with Gasteiger partial charge in [0.2, 0.25) is 10.0 Å². The molecule has 1 aromatic rings. The summed E-state index contributed by atoms with van der Waals surface area (Å²) in [5.41, 5.74) is -0.893. The van der Waals surface area contributed by atoms with Gasteiger partial charge < -0.3 is 10.2 Å². The average Bonchev–Trinajstić information content (AvgIpc) is 2.69. The molecule has 0 atom stereocenters. The van der Waals surface area contributed by atoms with Gasteiger partial charge in [0, 0.05) is 32.2 Å². The van der Waals surface area contributed by atoms with E-state index >= 15 is 0 Å². The monoisotopic (exact) mass is 433 g/mol. The van der Waals surface area contributed by atoms with Crippen LogP contribution in [0.3, 0.4) is 0 Å². The van der Waals surface area contributed by atoms with Crippen LogP contribution >= 0.6 is 0 Å². The van der Waals surface area contributed by atoms with E-state index in [2.05, 4.69) is 12.2 Å². The molecule has 1 saturated carbocycles. The Morgan fingerprint density at radius 1 is 1.00 bits per heavy atom. The van der Waals surface area contributed by atoms with Crippen molar-refractivity contribution in [3.05, 3.63) is 29.8 Å². The van der Waals surface area contributed by atoms with Crippen molar-refractivity contribution in [2.45, 2.75) is 49.7 Å². The SMILES string of the molecule is CC1CCC(NC(=O)N2CCN(S(=O)(=O)c3ccc(C(F)(F)F)cc3)CC2)CC1. The van der Waals surface area contributed by atoms with Crippen LogP contribution in [0.5, 0.6) is 0 Å². The topological polar surface area (TPSA) is 69.7 Å². The van der Waals surface area contributed by atoms with Crippen molar-refractivity contribution in [1.29, 1.82) is 0 Å². The highest BCUT2D eigenvalue weighted by Gasteiger charge is 2.33. The summed E-state index contributed by atoms with van der Waals surface area (Å²) in [6.07, 6.45) is -0.434. The molecule has 2 fully saturated rings. The Kier molecular flexibility index (Phi) is 6.42. The lowest BCUT2D eigenvalue weighted by Gasteiger charge is -2.35. The van der Waals surface area contributed by atoms with E-state index in [1.54, 1.807) is 4.90 Å². The lowest BCUT2D eigenvalue weighted by molar-refractivity contribution is -0.137. The molecule has 0 spiro atoms. The third kappa shape index (κ3) is 5.22. The number of hydrogen-bond donors (Lipinski definition) is 1. The fourth-order valence-electron chi connectivity index (χ4n) is 3.77. The van der Waals surface area contributed by atoms with Crippen molar-refractivity contribution in [3.8, 4) is 0 Å². The molecule has 1 aromatic carbocycles. The molecule has 10 heteroatoms. The van der Waals surface area contributed by atoms with E-state index in [-0.39, 0.29) is 43.1 Å². The van der Waals surface area contributed by atoms with E-state index in [0.29, 0.717) is 5.92 Å². The Hall–Kier alpha value is -1.81. The van der Waals surface area contributed by atoms with E-state index in [1.165, 1.54) is 4.31 Å². The first-order valence-corrected chi connectivity index (χ1v) is 11.2. The maximum atomic E-state index is 12.7. The summed E-state index contributed by atoms with van der Waals surface area (Å²) in [4.78, 5) is 13.9. The molecule has 1 heterocycles. The Morgan fingerprint density at radius 2 is 1.55 bits per heavy atom. The van der Waals surface area contributed by atoms with Crippen LogP contribution in [0.25, 0.3) is 0 Å². The zero-order valence-corrected chi connectivity index (χ0v) is 17.1. The zero-order chi connectivity index (χ0) is 21.2. The van der Waals surface area contributed by atoms with Crippen LogP contribution in [0, 0.1) is 5.92 Å². The lowest BCUT2D eigenvalue weighted by atomic mass is 9.87. The molecule has 162 valence electrons. The number of urea groups is 1. The van der Waals surface area contributed by atoms with E-state index in [4.69, 9.17) is 0 Å². The largest absolute Gasteiger partial charge is 0.416 e. The van der Waals surface area contributed by atoms with Crippen molar-refractivity contribution in [2.24, 2.45) is 5.92 Å². The number of sulfonamides is 1. The van der Waals surface area contributed by atoms with Gasteiger partial charge >= 0.3 is 12.2 Å². The summed E-state index contributed by atoms with van der Waals surface area (Å²) < 4.78 is 64.6. The maximum absolute atomic E-state index is 12.7. The molecular formula is C19H26F3N3O3S. The third-order valence-corrected chi connectivity index (χ3v) is 7.60. The number of alkyl halides is 3. The van der Waals surface area contributed by atoms with Crippen LogP contribution in [0.4, 0.5) is 18.0 Å². The molecule has 1 saturated heterocycles. The van der Waals surface area contributed by atoms with Gasteiger partial charge in [-0.2, -0.15) is 17.5 Å². The van der Waals surface area contributed by atoms with Gasteiger partial charge in [-0.25, -0.2) is 13.2 Å². The molecule has 0 bridgehead atoms. The van der Waals surface area contributed by atoms with Gasteiger partial charge in [0.15, 0.2) is 0 Å². The number of rotatable bonds is 3. The van der Waals surface area contributed by atoms with Gasteiger partial charge in [-0.1, -0.05) is 6.92 Å². The van der Waals surface area contributed by atoms with Crippen LogP contribution in [0.1, 0.15) is 38.2 Å². The van der Waals surface area contributed by atoms with Crippen molar-refractivity contribution < 1.29 is 26.4 Å². The second kappa shape index (κ2) is 8.51. The Balaban J connectivity index is 1.56. The summed E-state index contributed by atoms with van der Waals surface area (Å²) in [6, 6.07) is 3.45. The summed E-state index contributed by atoms with van der Waals surface area (Å²) in [5.74, 6) is 0.683. The van der Waals surface area contributed by atoms with Crippen molar-refractivity contribution in [3.63, 3.8) is 0 Å². The van der Waals surface area contributed by atoms with Crippen molar-refractivity contribution >= 4 is 16.1 Å². The number of halogens is 3. The number of carbonyl (C=O) groups excluding carboxylic acids is 1. The number of carbonyl (C=O) groups is 1. The Bertz CT molecular complexity index is 811. The third-order valence-electron chi connectivity index (χ3n) is 5.69. The average molecular weight is 433 g/mol. The molecule has 2 amide bonds. The predicted molar refractivity (Wildman–Crippen MR) is 102 cm³/mol. The second-order valence-corrected chi connectivity index (χ2v) is 9.76. The molecule has 1 aliphatic carbocycles. The van der Waals surface area contributed by atoms with Gasteiger partial charge in [0.05, 0.1) is 10.5 Å². The standard InChI is InChI=1S/C19H26F3N3O3S/c1-14-2-6-16(7-3-14)23-18(26)24-10-12-25(13-11-24)29(27,28)17-8-4-15(5-9-17)19(20,21)22/h4-5,8-9,14,16H,2-3,6-7,10-13H2,1H3,(H,23,26). The number of hydrogen-bond acceptors (Lipinski definition) is 3. The summed E-state index contributed by atoms with van der Waals surface area (Å²) in [7, 11) is -3.90. The molecule has 0 unspecified atom stereocenters. The van der Waals surface area contributed by atoms with Crippen LogP contribution < -0.4 is 5.32 Å². The first-order chi connectivity index (χ1) is 13.6. The molecule has 1 N–H and O–H groups in total. The fraction of sp³-hybridized carbons (Fsp3) is 0.632. The van der Waals surface area contributed by atoms with Crippen molar-refractivity contribution in [1.82, 2.24) is 14.5 Å². The minimum atomic E-state index is -4.52. The fourth-order valence-corrected chi connectivity index (χ4v) is 5.19. The first kappa shape index (κ1) is 21.9. The van der Waals surface area contributed by atoms with Gasteiger partial charge in [-0.3, -0.25) is 0 Å². The predicted octanol–water partition coefficient (Wildman–Crippen LogP) is 3.30. The van der Waals surface area contributed by atoms with Crippen LogP contribution in [-0.2, 0) is 16.2 Å². The normalized spacial score (nSPS) is 24.3. The molecule has 6 nitrogen and oxygen atoms in total. The summed E-state index contributed by atoms with van der Waals surface area (Å²) in [6.45, 7) is 2.91. The molecule has 3 rings (SSSR count). The highest BCUT2D eigenvalue weighted by atomic mass is 32.2. The van der Waals surface area contributed by atoms with Crippen LogP contribution in [-0.4, -0.2) is 55.9 Å². The number of benzene rings is 1. The van der Waals surface area contributed by atoms with Crippen LogP contribution in [0.2, 0.25) is 0 Å². The lowest BCUT2D eigenvalue weighted by Crippen LogP contribution is -2.54. The smallest absolute Gasteiger partial charge is 0.335 e. The van der Waals surface area contributed by atoms with Gasteiger partial charge in [-0.15, -0.1) is 0 Å². The Morgan fingerprint density at radius 3 is 2.07 bits per heavy atom. The van der Waals surface area contributed by atoms with E-state index in [9.17, 15) is 26.4 Å². The summed E-state index contributed by atoms with van der Waals surface area (Å²) >= 11 is 0. The zero-order valence-electron chi connectivity index (χ0n) is 16.3. The number of nitrogens with one attached hydrogen (secondary N) is 1. The number of piperazine rings is 1. The molecule has 29 heavy (non-hydrogen) atoms. The molecular weight excluding hydrogens is 407 g/mol. The minimum absolute atomic E-state index is 0.110. The molecule has 0 aromatic heterocycles. The number of nitrogens with zero attached hydrogens (tertiary/aromatic N) is 2. The quantitative estimate of drug-likeness (QED) is 0.795. The van der Waals surface area contributed by atoms with Gasteiger partial charge in [-0.05, 0) is 55.9 Å². The number of amides is 2. The van der Waals surface area contributed by atoms with E-state index < -0.39 is 21.8 Å². The Labute approximate surface area is 169 Å². The molecule has 1 aliphatic heterocycles. The molecule has 2 aliphatic rings. The van der Waals surface area contributed by atoms with Gasteiger partial charge in [0.1, 0.15) is 0 Å². The first-order valence-electron chi connectivity index (χ1n) is 9.80. The van der Waals surface area contributed by atoms with Crippen LogP contribution in [0.15, 0.2) is 29.2 Å². The summed E-state index contributed by atoms with van der Waals surface area (Å²) in [5, 5.41) is 3.03. The van der Waals surface area contributed by atoms with E-state index in [0.717, 1.165) is 49.9 Å². The highest BCUT2D eigenvalue weighted by Crippen LogP contribution is 2.30. The maximum Gasteiger partial charge on any atom is 0.416 e. The van der Waals surface area contributed by atoms with E-state index in [1.807, 2.05) is 0 Å². The second-order valence-electron chi connectivity index (χ2n) is 7.82. The highest BCUT2D eigenvalue weighted by molar-refractivity contribution is 7.89.